The molecule has 0 aromatic heterocycles. The number of ether oxygens (including phenoxy) is 1. The Morgan fingerprint density at radius 1 is 1.82 bits per heavy atom. The highest BCUT2D eigenvalue weighted by Gasteiger charge is 2.16. The van der Waals surface area contributed by atoms with E-state index in [-0.39, 0.29) is 0 Å². The molecule has 11 heavy (non-hydrogen) atoms. The lowest BCUT2D eigenvalue weighted by molar-refractivity contribution is 0.171. The molecule has 0 heterocycles. The highest BCUT2D eigenvalue weighted by atomic mass is 16.5. The molecule has 0 aromatic carbocycles. The van der Waals surface area contributed by atoms with E-state index in [1.165, 1.54) is 5.57 Å². The maximum Gasteiger partial charge on any atom is 0.0525 e. The average Bonchev–Trinajstić information content (AvgIpc) is 2.36. The zero-order valence-corrected chi connectivity index (χ0v) is 7.34. The van der Waals surface area contributed by atoms with E-state index in [9.17, 15) is 0 Å². The van der Waals surface area contributed by atoms with Gasteiger partial charge < -0.3 is 10.5 Å². The number of nitrogens with two attached hydrogens (primary N) is 1. The van der Waals surface area contributed by atoms with E-state index < -0.39 is 0 Å². The first-order chi connectivity index (χ1) is 5.24. The van der Waals surface area contributed by atoms with Crippen LogP contribution in [0.15, 0.2) is 11.6 Å². The van der Waals surface area contributed by atoms with Gasteiger partial charge in [0.1, 0.15) is 0 Å². The summed E-state index contributed by atoms with van der Waals surface area (Å²) in [5.41, 5.74) is 7.21. The van der Waals surface area contributed by atoms with Crippen molar-refractivity contribution in [3.8, 4) is 0 Å². The van der Waals surface area contributed by atoms with Crippen LogP contribution < -0.4 is 5.73 Å². The summed E-state index contributed by atoms with van der Waals surface area (Å²) in [5.74, 6) is 0.550. The molecule has 0 saturated heterocycles. The van der Waals surface area contributed by atoms with Crippen molar-refractivity contribution in [1.82, 2.24) is 0 Å². The second-order valence-corrected chi connectivity index (χ2v) is 3.30. The van der Waals surface area contributed by atoms with Crippen molar-refractivity contribution < 1.29 is 4.74 Å². The number of hydrogen-bond donors (Lipinski definition) is 1. The maximum atomic E-state index is 5.74. The Kier molecular flexibility index (Phi) is 3.09. The maximum absolute atomic E-state index is 5.74. The van der Waals surface area contributed by atoms with Gasteiger partial charge in [0.05, 0.1) is 6.61 Å². The summed E-state index contributed by atoms with van der Waals surface area (Å²) < 4.78 is 5.07. The number of hydrogen-bond acceptors (Lipinski definition) is 2. The van der Waals surface area contributed by atoms with Crippen LogP contribution in [0.5, 0.6) is 0 Å². The first-order valence-corrected chi connectivity index (χ1v) is 4.19. The Labute approximate surface area is 68.4 Å². The van der Waals surface area contributed by atoms with Crippen LogP contribution >= 0.6 is 0 Å². The van der Waals surface area contributed by atoms with E-state index in [4.69, 9.17) is 10.5 Å². The van der Waals surface area contributed by atoms with Crippen LogP contribution in [-0.4, -0.2) is 19.8 Å². The van der Waals surface area contributed by atoms with Crippen molar-refractivity contribution in [3.05, 3.63) is 11.6 Å². The van der Waals surface area contributed by atoms with Gasteiger partial charge in [0.15, 0.2) is 0 Å². The SMILES string of the molecule is COCC(C)C1=CC(N)CC1. The molecule has 0 amide bonds. The third-order valence-electron chi connectivity index (χ3n) is 2.24. The average molecular weight is 155 g/mol. The topological polar surface area (TPSA) is 35.2 Å². The second-order valence-electron chi connectivity index (χ2n) is 3.30. The molecule has 1 aliphatic carbocycles. The zero-order valence-electron chi connectivity index (χ0n) is 7.34. The van der Waals surface area contributed by atoms with Gasteiger partial charge in [0.2, 0.25) is 0 Å². The fraction of sp³-hybridized carbons (Fsp3) is 0.778. The van der Waals surface area contributed by atoms with Crippen molar-refractivity contribution in [2.24, 2.45) is 11.7 Å². The Morgan fingerprint density at radius 2 is 2.55 bits per heavy atom. The predicted molar refractivity (Wildman–Crippen MR) is 46.3 cm³/mol. The normalized spacial score (nSPS) is 26.8. The predicted octanol–water partition coefficient (Wildman–Crippen LogP) is 1.32. The van der Waals surface area contributed by atoms with Gasteiger partial charge in [-0.25, -0.2) is 0 Å². The molecule has 2 atom stereocenters. The molecular formula is C9H17NO. The molecule has 64 valence electrons. The molecule has 0 fully saturated rings. The Morgan fingerprint density at radius 3 is 3.00 bits per heavy atom. The molecular weight excluding hydrogens is 138 g/mol. The number of methoxy groups -OCH3 is 1. The van der Waals surface area contributed by atoms with Crippen LogP contribution in [-0.2, 0) is 4.74 Å². The summed E-state index contributed by atoms with van der Waals surface area (Å²) in [4.78, 5) is 0. The molecule has 0 bridgehead atoms. The van der Waals surface area contributed by atoms with Crippen LogP contribution in [0.25, 0.3) is 0 Å². The minimum absolute atomic E-state index is 0.296. The number of rotatable bonds is 3. The molecule has 0 aromatic rings. The Balaban J connectivity index is 2.41. The first kappa shape index (κ1) is 8.75. The molecule has 0 spiro atoms. The van der Waals surface area contributed by atoms with E-state index in [0.717, 1.165) is 19.4 Å². The summed E-state index contributed by atoms with van der Waals surface area (Å²) in [6.07, 6.45) is 4.46. The van der Waals surface area contributed by atoms with E-state index >= 15 is 0 Å². The fourth-order valence-electron chi connectivity index (χ4n) is 1.54. The van der Waals surface area contributed by atoms with Crippen LogP contribution in [0.4, 0.5) is 0 Å². The van der Waals surface area contributed by atoms with Crippen molar-refractivity contribution in [1.29, 1.82) is 0 Å². The monoisotopic (exact) mass is 155 g/mol. The van der Waals surface area contributed by atoms with Crippen molar-refractivity contribution in [3.63, 3.8) is 0 Å². The van der Waals surface area contributed by atoms with Gasteiger partial charge in [0, 0.05) is 19.1 Å². The third kappa shape index (κ3) is 2.31. The minimum Gasteiger partial charge on any atom is -0.384 e. The highest BCUT2D eigenvalue weighted by Crippen LogP contribution is 2.24. The lowest BCUT2D eigenvalue weighted by atomic mass is 10.0. The van der Waals surface area contributed by atoms with Crippen LogP contribution in [0.1, 0.15) is 19.8 Å². The summed E-state index contributed by atoms with van der Waals surface area (Å²) >= 11 is 0. The fourth-order valence-corrected chi connectivity index (χ4v) is 1.54. The van der Waals surface area contributed by atoms with Crippen LogP contribution in [0.3, 0.4) is 0 Å². The molecule has 2 N–H and O–H groups in total. The lowest BCUT2D eigenvalue weighted by Crippen LogP contribution is -2.12. The van der Waals surface area contributed by atoms with E-state index in [1.54, 1.807) is 7.11 Å². The smallest absolute Gasteiger partial charge is 0.0525 e. The van der Waals surface area contributed by atoms with Gasteiger partial charge in [-0.15, -0.1) is 0 Å². The van der Waals surface area contributed by atoms with Crippen LogP contribution in [0.2, 0.25) is 0 Å². The molecule has 0 radical (unpaired) electrons. The highest BCUT2D eigenvalue weighted by molar-refractivity contribution is 5.15. The lowest BCUT2D eigenvalue weighted by Gasteiger charge is -2.10. The summed E-state index contributed by atoms with van der Waals surface area (Å²) in [7, 11) is 1.74. The van der Waals surface area contributed by atoms with Crippen molar-refractivity contribution in [2.75, 3.05) is 13.7 Å². The zero-order chi connectivity index (χ0) is 8.27. The summed E-state index contributed by atoms with van der Waals surface area (Å²) in [5, 5.41) is 0. The molecule has 0 aliphatic heterocycles. The van der Waals surface area contributed by atoms with Crippen molar-refractivity contribution >= 4 is 0 Å². The summed E-state index contributed by atoms with van der Waals surface area (Å²) in [6, 6.07) is 0.296. The second kappa shape index (κ2) is 3.88. The van der Waals surface area contributed by atoms with Crippen molar-refractivity contribution in [2.45, 2.75) is 25.8 Å². The molecule has 2 unspecified atom stereocenters. The molecule has 0 saturated carbocycles. The first-order valence-electron chi connectivity index (χ1n) is 4.19. The van der Waals surface area contributed by atoms with Gasteiger partial charge in [0.25, 0.3) is 0 Å². The van der Waals surface area contributed by atoms with Gasteiger partial charge in [-0.1, -0.05) is 18.6 Å². The van der Waals surface area contributed by atoms with Gasteiger partial charge in [-0.2, -0.15) is 0 Å². The van der Waals surface area contributed by atoms with E-state index in [0.29, 0.717) is 12.0 Å². The minimum atomic E-state index is 0.296. The largest absolute Gasteiger partial charge is 0.384 e. The standard InChI is InChI=1S/C9H17NO/c1-7(6-11-2)8-3-4-9(10)5-8/h5,7,9H,3-4,6,10H2,1-2H3. The van der Waals surface area contributed by atoms with E-state index in [2.05, 4.69) is 13.0 Å². The quantitative estimate of drug-likeness (QED) is 0.624. The molecule has 2 heteroatoms. The van der Waals surface area contributed by atoms with E-state index in [1.807, 2.05) is 0 Å². The Bertz CT molecular complexity index is 154. The Hall–Kier alpha value is -0.340. The van der Waals surface area contributed by atoms with Crippen LogP contribution in [0, 0.1) is 5.92 Å². The van der Waals surface area contributed by atoms with Gasteiger partial charge in [-0.3, -0.25) is 0 Å². The molecule has 1 rings (SSSR count). The molecule has 1 aliphatic rings. The van der Waals surface area contributed by atoms with Gasteiger partial charge >= 0.3 is 0 Å². The van der Waals surface area contributed by atoms with Gasteiger partial charge in [-0.05, 0) is 12.8 Å². The third-order valence-corrected chi connectivity index (χ3v) is 2.24. The molecule has 2 nitrogen and oxygen atoms in total. The summed E-state index contributed by atoms with van der Waals surface area (Å²) in [6.45, 7) is 3.01.